The number of rotatable bonds is 9. The van der Waals surface area contributed by atoms with Crippen molar-refractivity contribution < 1.29 is 19.1 Å². The topological polar surface area (TPSA) is 52.6 Å². The van der Waals surface area contributed by atoms with Crippen LogP contribution < -0.4 is 0 Å². The molecule has 2 aliphatic rings. The van der Waals surface area contributed by atoms with Crippen LogP contribution in [0.3, 0.4) is 0 Å². The van der Waals surface area contributed by atoms with Gasteiger partial charge in [-0.25, -0.2) is 0 Å². The lowest BCUT2D eigenvalue weighted by atomic mass is 9.69. The lowest BCUT2D eigenvalue weighted by molar-refractivity contribution is -0.165. The molecule has 41 heavy (non-hydrogen) atoms. The average molecular weight is 583 g/mol. The van der Waals surface area contributed by atoms with E-state index in [2.05, 4.69) is 53.7 Å². The summed E-state index contributed by atoms with van der Waals surface area (Å²) in [5.41, 5.74) is 2.62. The van der Waals surface area contributed by atoms with Gasteiger partial charge in [0.05, 0.1) is 24.0 Å². The van der Waals surface area contributed by atoms with Crippen molar-refractivity contribution in [2.24, 2.45) is 29.1 Å². The van der Waals surface area contributed by atoms with Gasteiger partial charge in [0.1, 0.15) is 0 Å². The molecule has 0 saturated heterocycles. The van der Waals surface area contributed by atoms with Gasteiger partial charge in [-0.3, -0.25) is 9.59 Å². The molecule has 0 aromatic carbocycles. The Hall–Kier alpha value is -1.58. The van der Waals surface area contributed by atoms with E-state index in [1.54, 1.807) is 0 Å². The van der Waals surface area contributed by atoms with Crippen molar-refractivity contribution in [3.05, 3.63) is 23.3 Å². The second-order valence-electron chi connectivity index (χ2n) is 11.6. The molecule has 0 heterocycles. The standard InChI is InChI=1S/C25H42O4.C4H8.4C2H6/c1-16(2)19(7)11-10-14-25(8,9)20-12-13-21(23(26)28-17(3)4)22(15-20)24(27)29-18(5)6;1-4-2-3-4;4*1-2/h11-12,16-18,21-22H,10,13-15H2,1-9H3;4H,2-3H2,1H3;4*1-2H3/b19-11+;;;;;. The van der Waals surface area contributed by atoms with E-state index in [1.165, 1.54) is 24.0 Å². The summed E-state index contributed by atoms with van der Waals surface area (Å²) in [6, 6.07) is 0. The predicted molar refractivity (Wildman–Crippen MR) is 182 cm³/mol. The molecule has 0 radical (unpaired) electrons. The maximum atomic E-state index is 12.8. The Morgan fingerprint density at radius 2 is 1.22 bits per heavy atom. The second kappa shape index (κ2) is 27.3. The average Bonchev–Trinajstić information content (AvgIpc) is 3.74. The zero-order valence-electron chi connectivity index (χ0n) is 31.0. The smallest absolute Gasteiger partial charge is 0.310 e. The molecule has 2 aliphatic carbocycles. The van der Waals surface area contributed by atoms with Crippen LogP contribution in [0.5, 0.6) is 0 Å². The van der Waals surface area contributed by atoms with Gasteiger partial charge in [-0.05, 0) is 77.6 Å². The maximum absolute atomic E-state index is 12.8. The number of ether oxygens (including phenoxy) is 2. The first kappa shape index (κ1) is 46.4. The Labute approximate surface area is 258 Å². The molecule has 0 amide bonds. The second-order valence-corrected chi connectivity index (χ2v) is 11.6. The van der Waals surface area contributed by atoms with Gasteiger partial charge in [-0.1, -0.05) is 126 Å². The summed E-state index contributed by atoms with van der Waals surface area (Å²) in [6.07, 6.45) is 10.2. The van der Waals surface area contributed by atoms with Crippen LogP contribution in [0.15, 0.2) is 23.3 Å². The first-order valence-corrected chi connectivity index (χ1v) is 17.0. The van der Waals surface area contributed by atoms with Crippen molar-refractivity contribution in [2.45, 2.75) is 175 Å². The Bertz CT molecular complexity index is 694. The zero-order chi connectivity index (χ0) is 33.3. The van der Waals surface area contributed by atoms with E-state index in [1.807, 2.05) is 83.1 Å². The predicted octanol–water partition coefficient (Wildman–Crippen LogP) is 11.8. The van der Waals surface area contributed by atoms with Crippen LogP contribution in [0, 0.1) is 29.1 Å². The molecule has 2 rings (SSSR count). The molecule has 0 aliphatic heterocycles. The summed E-state index contributed by atoms with van der Waals surface area (Å²) in [5, 5.41) is 0. The number of carbonyl (C=O) groups excluding carboxylic acids is 2. The molecule has 1 fully saturated rings. The number of allylic oxidation sites excluding steroid dienone is 4. The van der Waals surface area contributed by atoms with Crippen LogP contribution in [-0.4, -0.2) is 24.1 Å². The van der Waals surface area contributed by atoms with Crippen molar-refractivity contribution in [3.8, 4) is 0 Å². The number of carbonyl (C=O) groups is 2. The molecule has 4 nitrogen and oxygen atoms in total. The zero-order valence-corrected chi connectivity index (χ0v) is 31.0. The molecule has 246 valence electrons. The van der Waals surface area contributed by atoms with Crippen LogP contribution >= 0.6 is 0 Å². The van der Waals surface area contributed by atoms with E-state index in [0.29, 0.717) is 18.8 Å². The normalized spacial score (nSPS) is 17.9. The van der Waals surface area contributed by atoms with E-state index in [4.69, 9.17) is 9.47 Å². The molecule has 2 atom stereocenters. The first-order valence-electron chi connectivity index (χ1n) is 17.0. The number of hydrogen-bond donors (Lipinski definition) is 0. The summed E-state index contributed by atoms with van der Waals surface area (Å²) < 4.78 is 10.9. The van der Waals surface area contributed by atoms with E-state index in [-0.39, 0.29) is 29.6 Å². The van der Waals surface area contributed by atoms with Gasteiger partial charge in [0, 0.05) is 0 Å². The van der Waals surface area contributed by atoms with Crippen LogP contribution in [0.1, 0.15) is 163 Å². The fourth-order valence-corrected chi connectivity index (χ4v) is 3.82. The van der Waals surface area contributed by atoms with Crippen molar-refractivity contribution in [1.82, 2.24) is 0 Å². The highest BCUT2D eigenvalue weighted by molar-refractivity contribution is 5.83. The van der Waals surface area contributed by atoms with Gasteiger partial charge in [0.25, 0.3) is 0 Å². The van der Waals surface area contributed by atoms with Gasteiger partial charge in [0.2, 0.25) is 0 Å². The molecule has 0 spiro atoms. The number of esters is 2. The monoisotopic (exact) mass is 583 g/mol. The summed E-state index contributed by atoms with van der Waals surface area (Å²) in [7, 11) is 0. The third kappa shape index (κ3) is 22.7. The highest BCUT2D eigenvalue weighted by Gasteiger charge is 2.41. The Morgan fingerprint density at radius 1 is 0.829 bits per heavy atom. The Morgan fingerprint density at radius 3 is 1.56 bits per heavy atom. The first-order chi connectivity index (χ1) is 19.2. The molecular formula is C37H74O4. The molecule has 0 aromatic rings. The van der Waals surface area contributed by atoms with Crippen molar-refractivity contribution >= 4 is 11.9 Å². The lowest BCUT2D eigenvalue weighted by Gasteiger charge is -2.36. The Kier molecular flexibility index (Phi) is 30.8. The highest BCUT2D eigenvalue weighted by atomic mass is 16.6. The summed E-state index contributed by atoms with van der Waals surface area (Å²) in [4.78, 5) is 25.4. The minimum atomic E-state index is -0.476. The highest BCUT2D eigenvalue weighted by Crippen LogP contribution is 2.42. The fraction of sp³-hybridized carbons (Fsp3) is 0.838. The molecule has 2 unspecified atom stereocenters. The van der Waals surface area contributed by atoms with Crippen LogP contribution in [-0.2, 0) is 19.1 Å². The van der Waals surface area contributed by atoms with E-state index >= 15 is 0 Å². The third-order valence-corrected chi connectivity index (χ3v) is 6.73. The SMILES string of the molecule is C/C(=C\CCC(C)(C)C1=CCC(C(=O)OC(C)C)C(C(=O)OC(C)C)C1)C(C)C.CC.CC.CC.CC.CC1CC1. The molecule has 4 heteroatoms. The minimum absolute atomic E-state index is 0.0307. The van der Waals surface area contributed by atoms with Crippen LogP contribution in [0.25, 0.3) is 0 Å². The van der Waals surface area contributed by atoms with Crippen LogP contribution in [0.2, 0.25) is 0 Å². The Balaban J connectivity index is -0.000000486. The summed E-state index contributed by atoms with van der Waals surface area (Å²) in [5.74, 6) is 0.119. The van der Waals surface area contributed by atoms with Gasteiger partial charge in [0.15, 0.2) is 0 Å². The number of hydrogen-bond acceptors (Lipinski definition) is 4. The van der Waals surface area contributed by atoms with Crippen LogP contribution in [0.4, 0.5) is 0 Å². The van der Waals surface area contributed by atoms with Gasteiger partial charge < -0.3 is 9.47 Å². The van der Waals surface area contributed by atoms with Gasteiger partial charge >= 0.3 is 11.9 Å². The van der Waals surface area contributed by atoms with Crippen molar-refractivity contribution in [3.63, 3.8) is 0 Å². The molecule has 0 aromatic heterocycles. The van der Waals surface area contributed by atoms with Gasteiger partial charge in [-0.15, -0.1) is 0 Å². The molecule has 1 saturated carbocycles. The molecule has 0 bridgehead atoms. The largest absolute Gasteiger partial charge is 0.463 e. The maximum Gasteiger partial charge on any atom is 0.310 e. The minimum Gasteiger partial charge on any atom is -0.463 e. The van der Waals surface area contributed by atoms with Crippen molar-refractivity contribution in [1.29, 1.82) is 0 Å². The lowest BCUT2D eigenvalue weighted by Crippen LogP contribution is -2.38. The summed E-state index contributed by atoms with van der Waals surface area (Å²) >= 11 is 0. The van der Waals surface area contributed by atoms with Crippen molar-refractivity contribution in [2.75, 3.05) is 0 Å². The quantitative estimate of drug-likeness (QED) is 0.200. The molecular weight excluding hydrogens is 508 g/mol. The van der Waals surface area contributed by atoms with E-state index in [0.717, 1.165) is 18.8 Å². The fourth-order valence-electron chi connectivity index (χ4n) is 3.82. The van der Waals surface area contributed by atoms with E-state index in [9.17, 15) is 9.59 Å². The van der Waals surface area contributed by atoms with E-state index < -0.39 is 11.8 Å². The third-order valence-electron chi connectivity index (χ3n) is 6.73. The summed E-state index contributed by atoms with van der Waals surface area (Å²) in [6.45, 7) is 36.7. The molecule has 0 N–H and O–H groups in total. The van der Waals surface area contributed by atoms with Gasteiger partial charge in [-0.2, -0.15) is 0 Å².